The van der Waals surface area contributed by atoms with Crippen LogP contribution in [0.2, 0.25) is 0 Å². The van der Waals surface area contributed by atoms with Crippen LogP contribution in [-0.2, 0) is 0 Å². The van der Waals surface area contributed by atoms with Crippen molar-refractivity contribution in [2.24, 2.45) is 0 Å². The van der Waals surface area contributed by atoms with E-state index in [1.165, 1.54) is 54.1 Å². The summed E-state index contributed by atoms with van der Waals surface area (Å²) in [5.41, 5.74) is 8.99. The maximum atomic E-state index is 3.74. The average Bonchev–Trinajstić information content (AvgIpc) is 2.99. The molecule has 1 aromatic heterocycles. The van der Waals surface area contributed by atoms with E-state index in [0.717, 1.165) is 0 Å². The lowest BCUT2D eigenvalue weighted by Crippen LogP contribution is -2.58. The molecular formula is C21H15BN2S. The fourth-order valence-corrected chi connectivity index (χ4v) is 5.57. The zero-order valence-corrected chi connectivity index (χ0v) is 14.6. The fourth-order valence-electron chi connectivity index (χ4n) is 4.28. The third-order valence-corrected chi connectivity index (χ3v) is 6.53. The van der Waals surface area contributed by atoms with Crippen molar-refractivity contribution >= 4 is 66.6 Å². The topological polar surface area (TPSA) is 24.1 Å². The number of thiophene rings is 1. The molecule has 0 aliphatic carbocycles. The Morgan fingerprint density at radius 2 is 1.60 bits per heavy atom. The first-order chi connectivity index (χ1) is 12.3. The van der Waals surface area contributed by atoms with E-state index in [0.29, 0.717) is 6.71 Å². The zero-order chi connectivity index (χ0) is 16.5. The molecule has 0 fully saturated rings. The first kappa shape index (κ1) is 13.6. The van der Waals surface area contributed by atoms with E-state index in [4.69, 9.17) is 0 Å². The van der Waals surface area contributed by atoms with Crippen molar-refractivity contribution in [1.29, 1.82) is 0 Å². The van der Waals surface area contributed by atoms with Crippen molar-refractivity contribution in [3.05, 3.63) is 66.2 Å². The molecule has 3 aromatic carbocycles. The van der Waals surface area contributed by atoms with Crippen molar-refractivity contribution in [1.82, 2.24) is 0 Å². The highest BCUT2D eigenvalue weighted by atomic mass is 32.1. The summed E-state index contributed by atoms with van der Waals surface area (Å²) in [5.74, 6) is 0. The van der Waals surface area contributed by atoms with E-state index >= 15 is 0 Å². The molecule has 0 saturated heterocycles. The van der Waals surface area contributed by atoms with Gasteiger partial charge in [0.1, 0.15) is 0 Å². The molecule has 2 aliphatic rings. The van der Waals surface area contributed by atoms with Gasteiger partial charge < -0.3 is 10.6 Å². The molecule has 25 heavy (non-hydrogen) atoms. The van der Waals surface area contributed by atoms with Gasteiger partial charge in [0.15, 0.2) is 0 Å². The zero-order valence-electron chi connectivity index (χ0n) is 13.8. The Bertz CT molecular complexity index is 1180. The summed E-state index contributed by atoms with van der Waals surface area (Å²) >= 11 is 1.92. The highest BCUT2D eigenvalue weighted by molar-refractivity contribution is 7.33. The Hall–Kier alpha value is -2.72. The molecule has 2 aliphatic heterocycles. The Labute approximate surface area is 150 Å². The quantitative estimate of drug-likeness (QED) is 0.411. The molecule has 4 heteroatoms. The van der Waals surface area contributed by atoms with Gasteiger partial charge >= 0.3 is 0 Å². The van der Waals surface area contributed by atoms with Crippen LogP contribution in [0.1, 0.15) is 5.56 Å². The number of rotatable bonds is 0. The molecule has 0 atom stereocenters. The van der Waals surface area contributed by atoms with E-state index in [1.807, 2.05) is 11.3 Å². The van der Waals surface area contributed by atoms with Crippen LogP contribution in [0.4, 0.5) is 22.7 Å². The number of aryl methyl sites for hydroxylation is 1. The molecule has 0 spiro atoms. The van der Waals surface area contributed by atoms with Crippen LogP contribution >= 0.6 is 11.3 Å². The molecule has 118 valence electrons. The van der Waals surface area contributed by atoms with Crippen LogP contribution in [0.5, 0.6) is 0 Å². The minimum Gasteiger partial charge on any atom is -0.356 e. The van der Waals surface area contributed by atoms with Crippen LogP contribution in [-0.4, -0.2) is 6.71 Å². The van der Waals surface area contributed by atoms with Gasteiger partial charge in [-0.3, -0.25) is 0 Å². The summed E-state index contributed by atoms with van der Waals surface area (Å²) in [7, 11) is 0. The molecule has 2 N–H and O–H groups in total. The van der Waals surface area contributed by atoms with E-state index in [9.17, 15) is 0 Å². The first-order valence-electron chi connectivity index (χ1n) is 8.58. The number of anilines is 4. The SMILES string of the molecule is Cc1cc2c3c(c1)Nc1c(sc4ccccc14)B3c1ccccc1N2. The standard InChI is InChI=1S/C21H15BN2S/c1-12-10-16-19-17(11-12)24-20-13-6-2-5-9-18(13)25-21(20)22(19)14-7-3-4-8-15(14)23-16/h2-11,23-24H,1H3. The van der Waals surface area contributed by atoms with Gasteiger partial charge in [-0.2, -0.15) is 0 Å². The molecular weight excluding hydrogens is 323 g/mol. The summed E-state index contributed by atoms with van der Waals surface area (Å²) in [6.45, 7) is 2.47. The summed E-state index contributed by atoms with van der Waals surface area (Å²) in [6, 6.07) is 22.0. The Morgan fingerprint density at radius 1 is 0.840 bits per heavy atom. The van der Waals surface area contributed by atoms with Gasteiger partial charge in [0.05, 0.1) is 5.69 Å². The number of nitrogens with one attached hydrogen (secondary N) is 2. The van der Waals surface area contributed by atoms with Crippen LogP contribution < -0.4 is 26.3 Å². The number of hydrogen-bond acceptors (Lipinski definition) is 3. The van der Waals surface area contributed by atoms with Crippen LogP contribution in [0, 0.1) is 6.92 Å². The molecule has 0 saturated carbocycles. The van der Waals surface area contributed by atoms with Gasteiger partial charge in [-0.15, -0.1) is 11.3 Å². The van der Waals surface area contributed by atoms with Crippen molar-refractivity contribution in [2.45, 2.75) is 6.92 Å². The third-order valence-electron chi connectivity index (χ3n) is 5.30. The lowest BCUT2D eigenvalue weighted by molar-refractivity contribution is 1.44. The lowest BCUT2D eigenvalue weighted by atomic mass is 9.36. The summed E-state index contributed by atoms with van der Waals surface area (Å²) in [6.07, 6.45) is 0. The van der Waals surface area contributed by atoms with Crippen molar-refractivity contribution in [3.63, 3.8) is 0 Å². The van der Waals surface area contributed by atoms with E-state index < -0.39 is 0 Å². The van der Waals surface area contributed by atoms with Gasteiger partial charge in [0.25, 0.3) is 6.71 Å². The molecule has 3 heterocycles. The van der Waals surface area contributed by atoms with Gasteiger partial charge in [-0.05, 0) is 47.7 Å². The van der Waals surface area contributed by atoms with Gasteiger partial charge in [-0.1, -0.05) is 36.4 Å². The Balaban J connectivity index is 1.74. The van der Waals surface area contributed by atoms with E-state index in [1.54, 1.807) is 0 Å². The smallest absolute Gasteiger partial charge is 0.264 e. The largest absolute Gasteiger partial charge is 0.356 e. The highest BCUT2D eigenvalue weighted by Gasteiger charge is 2.39. The van der Waals surface area contributed by atoms with Crippen LogP contribution in [0.15, 0.2) is 60.7 Å². The second-order valence-electron chi connectivity index (χ2n) is 6.88. The molecule has 0 bridgehead atoms. The van der Waals surface area contributed by atoms with Gasteiger partial charge in [0.2, 0.25) is 0 Å². The lowest BCUT2D eigenvalue weighted by Gasteiger charge is -2.33. The van der Waals surface area contributed by atoms with E-state index in [2.05, 4.69) is 78.2 Å². The monoisotopic (exact) mass is 338 g/mol. The first-order valence-corrected chi connectivity index (χ1v) is 9.40. The molecule has 0 amide bonds. The van der Waals surface area contributed by atoms with Crippen LogP contribution in [0.25, 0.3) is 10.1 Å². The second kappa shape index (κ2) is 4.67. The maximum absolute atomic E-state index is 3.74. The minimum absolute atomic E-state index is 0.302. The summed E-state index contributed by atoms with van der Waals surface area (Å²) < 4.78 is 2.77. The highest BCUT2D eigenvalue weighted by Crippen LogP contribution is 2.37. The normalized spacial score (nSPS) is 13.6. The molecule has 2 nitrogen and oxygen atoms in total. The number of hydrogen-bond donors (Lipinski definition) is 2. The Morgan fingerprint density at radius 3 is 2.52 bits per heavy atom. The molecule has 4 aromatic rings. The number of fused-ring (bicyclic) bond motifs is 6. The maximum Gasteiger partial charge on any atom is 0.264 e. The van der Waals surface area contributed by atoms with Crippen LogP contribution in [0.3, 0.4) is 0 Å². The van der Waals surface area contributed by atoms with Crippen molar-refractivity contribution in [3.8, 4) is 0 Å². The average molecular weight is 338 g/mol. The predicted octanol–water partition coefficient (Wildman–Crippen LogP) is 3.84. The van der Waals surface area contributed by atoms with Gasteiger partial charge in [-0.25, -0.2) is 0 Å². The fraction of sp³-hybridized carbons (Fsp3) is 0.0476. The third kappa shape index (κ3) is 1.75. The van der Waals surface area contributed by atoms with Crippen molar-refractivity contribution in [2.75, 3.05) is 10.6 Å². The molecule has 6 rings (SSSR count). The van der Waals surface area contributed by atoms with Gasteiger partial charge in [0, 0.05) is 31.9 Å². The second-order valence-corrected chi connectivity index (χ2v) is 7.97. The van der Waals surface area contributed by atoms with Crippen molar-refractivity contribution < 1.29 is 0 Å². The molecule has 0 radical (unpaired) electrons. The number of benzene rings is 3. The summed E-state index contributed by atoms with van der Waals surface area (Å²) in [5, 5.41) is 8.72. The summed E-state index contributed by atoms with van der Waals surface area (Å²) in [4.78, 5) is 0. The number of para-hydroxylation sites is 1. The minimum atomic E-state index is 0.302. The van der Waals surface area contributed by atoms with E-state index in [-0.39, 0.29) is 0 Å². The molecule has 0 unspecified atom stereocenters. The predicted molar refractivity (Wildman–Crippen MR) is 111 cm³/mol. The Kier molecular flexibility index (Phi) is 2.54.